The number of rotatable bonds is 9. The average molecular weight is 556 g/mol. The molecule has 1 saturated heterocycles. The van der Waals surface area contributed by atoms with Gasteiger partial charge in [-0.2, -0.15) is 0 Å². The quantitative estimate of drug-likeness (QED) is 0.419. The van der Waals surface area contributed by atoms with E-state index in [2.05, 4.69) is 10.6 Å². The Balaban J connectivity index is 0.000000222. The van der Waals surface area contributed by atoms with Crippen LogP contribution in [0.3, 0.4) is 0 Å². The highest BCUT2D eigenvalue weighted by molar-refractivity contribution is 5.98. The molecule has 2 aromatic carbocycles. The number of Topliss-reactive ketones (excluding diaryl/α,β-unsaturated/α-hetero) is 1. The lowest BCUT2D eigenvalue weighted by Gasteiger charge is -2.31. The van der Waals surface area contributed by atoms with Crippen LogP contribution in [-0.2, 0) is 16.1 Å². The van der Waals surface area contributed by atoms with Gasteiger partial charge in [-0.1, -0.05) is 57.4 Å². The van der Waals surface area contributed by atoms with Crippen LogP contribution < -0.4 is 10.6 Å². The van der Waals surface area contributed by atoms with Crippen LogP contribution in [0.1, 0.15) is 81.1 Å². The molecule has 40 heavy (non-hydrogen) atoms. The normalized spacial score (nSPS) is 16.6. The molecule has 1 aliphatic carbocycles. The number of carbonyl (C=O) groups excluding carboxylic acids is 3. The van der Waals surface area contributed by atoms with Crippen molar-refractivity contribution in [2.75, 3.05) is 19.6 Å². The monoisotopic (exact) mass is 555 g/mol. The van der Waals surface area contributed by atoms with Crippen LogP contribution in [0.2, 0.25) is 0 Å². The maximum absolute atomic E-state index is 13.4. The Morgan fingerprint density at radius 3 is 2.17 bits per heavy atom. The van der Waals surface area contributed by atoms with Crippen LogP contribution in [0.4, 0.5) is 8.78 Å². The van der Waals surface area contributed by atoms with Crippen LogP contribution in [-0.4, -0.2) is 48.2 Å². The summed E-state index contributed by atoms with van der Waals surface area (Å²) in [5.74, 6) is -0.869. The fourth-order valence-corrected chi connectivity index (χ4v) is 5.29. The second-order valence-electron chi connectivity index (χ2n) is 11.1. The summed E-state index contributed by atoms with van der Waals surface area (Å²) in [5, 5.41) is 5.90. The molecule has 2 aliphatic rings. The second kappa shape index (κ2) is 16.2. The third-order valence-corrected chi connectivity index (χ3v) is 7.63. The molecule has 2 amide bonds. The Labute approximate surface area is 236 Å². The van der Waals surface area contributed by atoms with Crippen molar-refractivity contribution in [3.8, 4) is 0 Å². The van der Waals surface area contributed by atoms with Crippen LogP contribution in [0, 0.1) is 23.5 Å². The fraction of sp³-hybridized carbons (Fsp3) is 0.531. The highest BCUT2D eigenvalue weighted by Crippen LogP contribution is 2.28. The lowest BCUT2D eigenvalue weighted by Crippen LogP contribution is -2.48. The van der Waals surface area contributed by atoms with Gasteiger partial charge in [-0.3, -0.25) is 14.4 Å². The third-order valence-electron chi connectivity index (χ3n) is 7.63. The minimum Gasteiger partial charge on any atom is -0.342 e. The summed E-state index contributed by atoms with van der Waals surface area (Å²) < 4.78 is 26.1. The Bertz CT molecular complexity index is 1100. The van der Waals surface area contributed by atoms with Gasteiger partial charge >= 0.3 is 0 Å². The molecule has 1 atom stereocenters. The number of nitrogens with zero attached hydrogens (tertiary/aromatic N) is 1. The fourth-order valence-electron chi connectivity index (χ4n) is 5.29. The van der Waals surface area contributed by atoms with Crippen LogP contribution in [0.25, 0.3) is 0 Å². The van der Waals surface area contributed by atoms with Crippen LogP contribution in [0.5, 0.6) is 0 Å². The van der Waals surface area contributed by atoms with Gasteiger partial charge in [-0.25, -0.2) is 8.78 Å². The molecule has 6 nitrogen and oxygen atoms in total. The van der Waals surface area contributed by atoms with Crippen LogP contribution in [0.15, 0.2) is 48.5 Å². The molecule has 0 radical (unpaired) electrons. The molecule has 218 valence electrons. The predicted molar refractivity (Wildman–Crippen MR) is 153 cm³/mol. The molecule has 2 N–H and O–H groups in total. The number of carbonyl (C=O) groups is 3. The summed E-state index contributed by atoms with van der Waals surface area (Å²) in [4.78, 5) is 38.5. The molecule has 1 heterocycles. The van der Waals surface area contributed by atoms with Gasteiger partial charge in [0, 0.05) is 42.7 Å². The van der Waals surface area contributed by atoms with E-state index in [-0.39, 0.29) is 42.6 Å². The predicted octanol–water partition coefficient (Wildman–Crippen LogP) is 5.66. The molecule has 2 fully saturated rings. The number of hydrogen-bond acceptors (Lipinski definition) is 4. The Kier molecular flexibility index (Phi) is 12.7. The minimum absolute atomic E-state index is 0.0437. The summed E-state index contributed by atoms with van der Waals surface area (Å²) in [6.45, 7) is 5.86. The zero-order valence-corrected chi connectivity index (χ0v) is 23.8. The van der Waals surface area contributed by atoms with Crippen molar-refractivity contribution in [3.05, 3.63) is 71.3 Å². The van der Waals surface area contributed by atoms with Crippen LogP contribution >= 0.6 is 0 Å². The van der Waals surface area contributed by atoms with Gasteiger partial charge in [-0.05, 0) is 56.2 Å². The van der Waals surface area contributed by atoms with E-state index in [9.17, 15) is 23.2 Å². The Morgan fingerprint density at radius 1 is 0.900 bits per heavy atom. The first-order valence-electron chi connectivity index (χ1n) is 14.6. The number of halogens is 2. The van der Waals surface area contributed by atoms with Gasteiger partial charge in [0.25, 0.3) is 5.91 Å². The molecule has 8 heteroatoms. The summed E-state index contributed by atoms with van der Waals surface area (Å²) in [6, 6.07) is 12.3. The maximum atomic E-state index is 13.4. The first-order valence-corrected chi connectivity index (χ1v) is 14.6. The average Bonchev–Trinajstić information content (AvgIpc) is 2.98. The van der Waals surface area contributed by atoms with E-state index in [1.54, 1.807) is 12.1 Å². The van der Waals surface area contributed by atoms with Crippen molar-refractivity contribution in [3.63, 3.8) is 0 Å². The summed E-state index contributed by atoms with van der Waals surface area (Å²) in [6.07, 6.45) is 8.93. The van der Waals surface area contributed by atoms with E-state index in [4.69, 9.17) is 0 Å². The van der Waals surface area contributed by atoms with E-state index in [0.29, 0.717) is 17.0 Å². The van der Waals surface area contributed by atoms with Gasteiger partial charge in [0.2, 0.25) is 5.91 Å². The van der Waals surface area contributed by atoms with E-state index >= 15 is 0 Å². The standard InChI is InChI=1S/C18H25NO2.C14H18F2N2O/c1-13(2)17(20)16(14-9-5-3-6-10-14)19-18(21)15-11-7-4-8-12-15;15-12-5-4-11(13(16)8-12)9-17-10-14(19)18-6-2-1-3-7-18/h4,7-8,11-14,16H,3,5-6,9-10H2,1-2H3,(H,19,21);4-5,8,17H,1-3,6-7,9-10H2. The van der Waals surface area contributed by atoms with Gasteiger partial charge in [-0.15, -0.1) is 0 Å². The third kappa shape index (κ3) is 9.81. The molecule has 0 spiro atoms. The van der Waals surface area contributed by atoms with E-state index in [0.717, 1.165) is 57.7 Å². The highest BCUT2D eigenvalue weighted by Gasteiger charge is 2.32. The number of amides is 2. The van der Waals surface area contributed by atoms with Gasteiger partial charge in [0.15, 0.2) is 5.78 Å². The maximum Gasteiger partial charge on any atom is 0.251 e. The smallest absolute Gasteiger partial charge is 0.251 e. The lowest BCUT2D eigenvalue weighted by molar-refractivity contribution is -0.131. The van der Waals surface area contributed by atoms with Crippen molar-refractivity contribution in [2.24, 2.45) is 11.8 Å². The number of likely N-dealkylation sites (tertiary alicyclic amines) is 1. The van der Waals surface area contributed by atoms with E-state index < -0.39 is 11.6 Å². The summed E-state index contributed by atoms with van der Waals surface area (Å²) in [7, 11) is 0. The number of hydrogen-bond donors (Lipinski definition) is 2. The number of ketones is 1. The number of piperidine rings is 1. The van der Waals surface area contributed by atoms with Crippen molar-refractivity contribution >= 4 is 17.6 Å². The summed E-state index contributed by atoms with van der Waals surface area (Å²) >= 11 is 0. The molecule has 2 aromatic rings. The van der Waals surface area contributed by atoms with Gasteiger partial charge in [0.1, 0.15) is 11.6 Å². The SMILES string of the molecule is CC(C)C(=O)C(NC(=O)c1ccccc1)C1CCCCC1.O=C(CNCc1ccc(F)cc1F)N1CCCCC1. The minimum atomic E-state index is -0.592. The zero-order valence-electron chi connectivity index (χ0n) is 23.8. The molecule has 0 aromatic heterocycles. The molecule has 1 saturated carbocycles. The highest BCUT2D eigenvalue weighted by atomic mass is 19.1. The zero-order chi connectivity index (χ0) is 28.9. The molecule has 4 rings (SSSR count). The van der Waals surface area contributed by atoms with Crippen molar-refractivity contribution in [1.82, 2.24) is 15.5 Å². The molecule has 1 unspecified atom stereocenters. The number of benzene rings is 2. The van der Waals surface area contributed by atoms with Crippen molar-refractivity contribution in [2.45, 2.75) is 77.8 Å². The van der Waals surface area contributed by atoms with Crippen molar-refractivity contribution < 1.29 is 23.2 Å². The second-order valence-corrected chi connectivity index (χ2v) is 11.1. The van der Waals surface area contributed by atoms with E-state index in [1.165, 1.54) is 25.0 Å². The van der Waals surface area contributed by atoms with Crippen molar-refractivity contribution in [1.29, 1.82) is 0 Å². The first-order chi connectivity index (χ1) is 19.3. The van der Waals surface area contributed by atoms with E-state index in [1.807, 2.05) is 36.9 Å². The molecule has 0 bridgehead atoms. The molecular formula is C32H43F2N3O3. The summed E-state index contributed by atoms with van der Waals surface area (Å²) in [5.41, 5.74) is 0.989. The topological polar surface area (TPSA) is 78.5 Å². The Hall–Kier alpha value is -3.13. The number of nitrogens with one attached hydrogen (secondary N) is 2. The van der Waals surface area contributed by atoms with Gasteiger partial charge < -0.3 is 15.5 Å². The molecule has 1 aliphatic heterocycles. The van der Waals surface area contributed by atoms with Gasteiger partial charge in [0.05, 0.1) is 12.6 Å². The first kappa shape index (κ1) is 31.4. The Morgan fingerprint density at radius 2 is 1.55 bits per heavy atom. The lowest BCUT2D eigenvalue weighted by atomic mass is 9.80. The molecular weight excluding hydrogens is 512 g/mol. The largest absolute Gasteiger partial charge is 0.342 e.